The molecule has 0 bridgehead atoms. The number of aromatic nitrogens is 2. The summed E-state index contributed by atoms with van der Waals surface area (Å²) in [5, 5.41) is 4.07. The first-order chi connectivity index (χ1) is 16.6. The van der Waals surface area contributed by atoms with Crippen LogP contribution in [0.2, 0.25) is 0 Å². The summed E-state index contributed by atoms with van der Waals surface area (Å²) >= 11 is 0. The summed E-state index contributed by atoms with van der Waals surface area (Å²) in [7, 11) is 0. The van der Waals surface area contributed by atoms with Gasteiger partial charge in [0.2, 0.25) is 5.89 Å². The molecule has 2 aromatic rings. The van der Waals surface area contributed by atoms with Crippen LogP contribution in [0.3, 0.4) is 0 Å². The summed E-state index contributed by atoms with van der Waals surface area (Å²) < 4.78 is 74.2. The molecule has 3 aliphatic rings. The lowest BCUT2D eigenvalue weighted by Gasteiger charge is -2.41. The third-order valence-corrected chi connectivity index (χ3v) is 6.82. The van der Waals surface area contributed by atoms with Crippen LogP contribution in [0.5, 0.6) is 5.75 Å². The maximum atomic E-state index is 13.6. The number of hydrogen-bond acceptors (Lipinski definition) is 5. The van der Waals surface area contributed by atoms with E-state index in [0.717, 1.165) is 18.4 Å². The Morgan fingerprint density at radius 1 is 1.00 bits per heavy atom. The number of likely N-dealkylation sites (tertiary alicyclic amines) is 2. The molecular weight excluding hydrogens is 475 g/mol. The molecule has 2 atom stereocenters. The van der Waals surface area contributed by atoms with E-state index >= 15 is 0 Å². The van der Waals surface area contributed by atoms with Gasteiger partial charge in [-0.3, -0.25) is 0 Å². The van der Waals surface area contributed by atoms with Crippen molar-refractivity contribution in [2.24, 2.45) is 0 Å². The third-order valence-electron chi connectivity index (χ3n) is 6.82. The molecule has 1 aromatic heterocycles. The Balaban J connectivity index is 1.35. The van der Waals surface area contributed by atoms with Gasteiger partial charge >= 0.3 is 12.4 Å². The van der Waals surface area contributed by atoms with E-state index in [1.807, 2.05) is 0 Å². The molecule has 3 heterocycles. The van der Waals surface area contributed by atoms with Crippen LogP contribution in [0, 0.1) is 0 Å². The minimum Gasteiger partial charge on any atom is -0.406 e. The maximum Gasteiger partial charge on any atom is 0.573 e. The Morgan fingerprint density at radius 2 is 1.66 bits per heavy atom. The Labute approximate surface area is 198 Å². The largest absolute Gasteiger partial charge is 0.573 e. The van der Waals surface area contributed by atoms with Gasteiger partial charge in [0.1, 0.15) is 5.75 Å². The van der Waals surface area contributed by atoms with Crippen molar-refractivity contribution in [1.82, 2.24) is 19.9 Å². The minimum atomic E-state index is -4.79. The zero-order chi connectivity index (χ0) is 24.8. The number of amides is 2. The average molecular weight is 500 g/mol. The number of rotatable bonds is 4. The molecule has 2 aliphatic heterocycles. The van der Waals surface area contributed by atoms with E-state index in [9.17, 15) is 26.7 Å². The number of carbonyl (C=O) groups is 1. The Hall–Kier alpha value is -2.92. The number of carbonyl (C=O) groups excluding carboxylic acids is 1. The molecule has 0 N–H and O–H groups in total. The van der Waals surface area contributed by atoms with Gasteiger partial charge in [-0.2, -0.15) is 4.98 Å². The lowest BCUT2D eigenvalue weighted by atomic mass is 9.84. The number of alkyl halides is 5. The average Bonchev–Trinajstić information content (AvgIpc) is 3.54. The second kappa shape index (κ2) is 8.94. The van der Waals surface area contributed by atoms with E-state index in [2.05, 4.69) is 14.9 Å². The molecule has 2 unspecified atom stereocenters. The summed E-state index contributed by atoms with van der Waals surface area (Å²) in [6.45, 7) is 0.524. The first-order valence-electron chi connectivity index (χ1n) is 11.7. The third kappa shape index (κ3) is 5.67. The smallest absolute Gasteiger partial charge is 0.406 e. The van der Waals surface area contributed by atoms with E-state index in [4.69, 9.17) is 4.52 Å². The standard InChI is InChI=1S/C23H25F5N4O3/c24-22(25)7-9-31(10-8-22)21(33)32-12-16(14-3-5-18(6-4-14)34-23(26,27)28)11-17(13-32)20-29-19(30-35-20)15-1-2-15/h3-6,15-17H,1-2,7-13H2. The molecular formula is C23H25F5N4O3. The summed E-state index contributed by atoms with van der Waals surface area (Å²) in [5.74, 6) is -2.26. The number of ether oxygens (including phenoxy) is 1. The molecule has 1 aliphatic carbocycles. The number of benzene rings is 1. The number of halogens is 5. The van der Waals surface area contributed by atoms with Crippen molar-refractivity contribution in [3.8, 4) is 5.75 Å². The monoisotopic (exact) mass is 500 g/mol. The molecule has 2 amide bonds. The van der Waals surface area contributed by atoms with E-state index in [1.165, 1.54) is 17.0 Å². The molecule has 2 saturated heterocycles. The van der Waals surface area contributed by atoms with Gasteiger partial charge in [0.15, 0.2) is 5.82 Å². The molecule has 12 heteroatoms. The highest BCUT2D eigenvalue weighted by Gasteiger charge is 2.41. The Morgan fingerprint density at radius 3 is 2.29 bits per heavy atom. The normalized spacial score (nSPS) is 24.9. The fourth-order valence-corrected chi connectivity index (χ4v) is 4.76. The van der Waals surface area contributed by atoms with Gasteiger partial charge in [-0.15, -0.1) is 13.2 Å². The van der Waals surface area contributed by atoms with Crippen LogP contribution in [0.1, 0.15) is 67.1 Å². The van der Waals surface area contributed by atoms with Crippen molar-refractivity contribution in [3.63, 3.8) is 0 Å². The predicted molar refractivity (Wildman–Crippen MR) is 112 cm³/mol. The van der Waals surface area contributed by atoms with Crippen LogP contribution < -0.4 is 4.74 Å². The van der Waals surface area contributed by atoms with Crippen LogP contribution in [-0.2, 0) is 0 Å². The molecule has 5 rings (SSSR count). The summed E-state index contributed by atoms with van der Waals surface area (Å²) in [6, 6.07) is 5.23. The quantitative estimate of drug-likeness (QED) is 0.535. The van der Waals surface area contributed by atoms with Gasteiger partial charge in [-0.05, 0) is 37.0 Å². The van der Waals surface area contributed by atoms with Gasteiger partial charge < -0.3 is 19.1 Å². The van der Waals surface area contributed by atoms with Crippen LogP contribution >= 0.6 is 0 Å². The summed E-state index contributed by atoms with van der Waals surface area (Å²) in [6.07, 6.45) is -2.99. The van der Waals surface area contributed by atoms with Crippen molar-refractivity contribution in [2.75, 3.05) is 26.2 Å². The van der Waals surface area contributed by atoms with Crippen LogP contribution in [0.4, 0.5) is 26.7 Å². The summed E-state index contributed by atoms with van der Waals surface area (Å²) in [4.78, 5) is 20.8. The maximum absolute atomic E-state index is 13.6. The van der Waals surface area contributed by atoms with Gasteiger partial charge in [0, 0.05) is 50.9 Å². The van der Waals surface area contributed by atoms with Crippen molar-refractivity contribution in [1.29, 1.82) is 0 Å². The van der Waals surface area contributed by atoms with Gasteiger partial charge in [-0.1, -0.05) is 17.3 Å². The van der Waals surface area contributed by atoms with Crippen molar-refractivity contribution in [3.05, 3.63) is 41.5 Å². The molecule has 7 nitrogen and oxygen atoms in total. The first kappa shape index (κ1) is 23.8. The number of hydrogen-bond donors (Lipinski definition) is 0. The van der Waals surface area contributed by atoms with Gasteiger partial charge in [0.05, 0.1) is 5.92 Å². The fourth-order valence-electron chi connectivity index (χ4n) is 4.76. The second-order valence-corrected chi connectivity index (χ2v) is 9.54. The van der Waals surface area contributed by atoms with Gasteiger partial charge in [-0.25, -0.2) is 13.6 Å². The van der Waals surface area contributed by atoms with Crippen LogP contribution in [0.25, 0.3) is 0 Å². The molecule has 0 radical (unpaired) electrons. The van der Waals surface area contributed by atoms with Crippen molar-refractivity contribution < 1.29 is 36.0 Å². The molecule has 3 fully saturated rings. The minimum absolute atomic E-state index is 0.0342. The van der Waals surface area contributed by atoms with Gasteiger partial charge in [0.25, 0.3) is 5.92 Å². The second-order valence-electron chi connectivity index (χ2n) is 9.54. The van der Waals surface area contributed by atoms with Crippen LogP contribution in [0.15, 0.2) is 28.8 Å². The SMILES string of the molecule is O=C(N1CCC(F)(F)CC1)N1CC(c2ccc(OC(F)(F)F)cc2)CC(c2nc(C3CC3)no2)C1. The summed E-state index contributed by atoms with van der Waals surface area (Å²) in [5.41, 5.74) is 0.731. The van der Waals surface area contributed by atoms with Crippen molar-refractivity contribution in [2.45, 2.75) is 62.1 Å². The zero-order valence-electron chi connectivity index (χ0n) is 18.8. The molecule has 35 heavy (non-hydrogen) atoms. The van der Waals surface area contributed by atoms with E-state index < -0.39 is 12.3 Å². The first-order valence-corrected chi connectivity index (χ1v) is 11.7. The predicted octanol–water partition coefficient (Wildman–Crippen LogP) is 5.27. The number of urea groups is 1. The fraction of sp³-hybridized carbons (Fsp3) is 0.609. The lowest BCUT2D eigenvalue weighted by Crippen LogP contribution is -2.52. The highest BCUT2D eigenvalue weighted by molar-refractivity contribution is 5.75. The van der Waals surface area contributed by atoms with Crippen LogP contribution in [-0.4, -0.2) is 64.4 Å². The van der Waals surface area contributed by atoms with E-state index in [-0.39, 0.29) is 49.5 Å². The lowest BCUT2D eigenvalue weighted by molar-refractivity contribution is -0.274. The zero-order valence-corrected chi connectivity index (χ0v) is 18.8. The van der Waals surface area contributed by atoms with Crippen molar-refractivity contribution >= 4 is 6.03 Å². The highest BCUT2D eigenvalue weighted by Crippen LogP contribution is 2.41. The topological polar surface area (TPSA) is 71.7 Å². The molecule has 190 valence electrons. The molecule has 1 aromatic carbocycles. The number of nitrogens with zero attached hydrogens (tertiary/aromatic N) is 4. The number of piperidine rings is 2. The highest BCUT2D eigenvalue weighted by atomic mass is 19.4. The Bertz CT molecular complexity index is 1040. The molecule has 1 saturated carbocycles. The van der Waals surface area contributed by atoms with E-state index in [1.54, 1.807) is 17.0 Å². The molecule has 0 spiro atoms. The van der Waals surface area contributed by atoms with E-state index in [0.29, 0.717) is 37.1 Å². The Kier molecular flexibility index (Phi) is 6.08.